The maximum Gasteiger partial charge on any atom is 0.169 e. The summed E-state index contributed by atoms with van der Waals surface area (Å²) in [4.78, 5) is 2.45. The topological polar surface area (TPSA) is 73.7 Å². The molecule has 5 nitrogen and oxygen atoms in total. The molecule has 1 aliphatic heterocycles. The second-order valence-electron chi connectivity index (χ2n) is 6.09. The first kappa shape index (κ1) is 16.5. The molecule has 5 heteroatoms. The zero-order valence-electron chi connectivity index (χ0n) is 13.9. The Kier molecular flexibility index (Phi) is 5.43. The molecule has 0 saturated carbocycles. The number of likely N-dealkylation sites (tertiary alicyclic amines) is 1. The van der Waals surface area contributed by atoms with Crippen LogP contribution in [0.15, 0.2) is 42.5 Å². The Hall–Kier alpha value is -2.40. The van der Waals surface area contributed by atoms with E-state index in [2.05, 4.69) is 4.90 Å². The van der Waals surface area contributed by atoms with Gasteiger partial charge in [0.05, 0.1) is 11.4 Å². The Morgan fingerprint density at radius 3 is 2.38 bits per heavy atom. The summed E-state index contributed by atoms with van der Waals surface area (Å²) >= 11 is 0. The first-order chi connectivity index (χ1) is 11.7. The summed E-state index contributed by atoms with van der Waals surface area (Å²) in [7, 11) is 0. The van der Waals surface area contributed by atoms with Crippen molar-refractivity contribution in [2.24, 2.45) is 0 Å². The molecule has 0 aliphatic carbocycles. The van der Waals surface area contributed by atoms with Gasteiger partial charge in [-0.15, -0.1) is 0 Å². The van der Waals surface area contributed by atoms with E-state index in [9.17, 15) is 0 Å². The van der Waals surface area contributed by atoms with E-state index in [1.165, 1.54) is 32.4 Å². The van der Waals surface area contributed by atoms with Crippen LogP contribution >= 0.6 is 0 Å². The van der Waals surface area contributed by atoms with Gasteiger partial charge in [0.1, 0.15) is 12.4 Å². The maximum absolute atomic E-state index is 5.94. The summed E-state index contributed by atoms with van der Waals surface area (Å²) in [6.07, 6.45) is 3.93. The molecule has 1 heterocycles. The van der Waals surface area contributed by atoms with Crippen LogP contribution in [0.1, 0.15) is 19.3 Å². The standard InChI is InChI=1S/C19H25N3O2/c20-16-9-8-15(14-17(16)21)24-19-7-3-2-6-18(19)23-13-12-22-10-4-1-5-11-22/h2-3,6-9,14H,1,4-5,10-13,20-21H2. The lowest BCUT2D eigenvalue weighted by Gasteiger charge is -2.26. The van der Waals surface area contributed by atoms with Crippen LogP contribution < -0.4 is 20.9 Å². The second kappa shape index (κ2) is 7.93. The van der Waals surface area contributed by atoms with E-state index >= 15 is 0 Å². The van der Waals surface area contributed by atoms with Crippen molar-refractivity contribution in [1.29, 1.82) is 0 Å². The summed E-state index contributed by atoms with van der Waals surface area (Å²) in [5, 5.41) is 0. The largest absolute Gasteiger partial charge is 0.488 e. The summed E-state index contributed by atoms with van der Waals surface area (Å²) in [6, 6.07) is 12.9. The second-order valence-corrected chi connectivity index (χ2v) is 6.09. The minimum absolute atomic E-state index is 0.510. The quantitative estimate of drug-likeness (QED) is 0.794. The number of rotatable bonds is 6. The van der Waals surface area contributed by atoms with Gasteiger partial charge in [0, 0.05) is 12.6 Å². The zero-order valence-corrected chi connectivity index (χ0v) is 13.9. The number of ether oxygens (including phenoxy) is 2. The maximum atomic E-state index is 5.94. The van der Waals surface area contributed by atoms with Crippen LogP contribution in [0, 0.1) is 0 Å². The SMILES string of the molecule is Nc1ccc(Oc2ccccc2OCCN2CCCCC2)cc1N. The highest BCUT2D eigenvalue weighted by Gasteiger charge is 2.11. The highest BCUT2D eigenvalue weighted by Crippen LogP contribution is 2.33. The zero-order chi connectivity index (χ0) is 16.8. The summed E-state index contributed by atoms with van der Waals surface area (Å²) in [5.41, 5.74) is 12.6. The minimum atomic E-state index is 0.510. The van der Waals surface area contributed by atoms with Crippen LogP contribution in [0.2, 0.25) is 0 Å². The third-order valence-electron chi connectivity index (χ3n) is 4.25. The number of hydrogen-bond donors (Lipinski definition) is 2. The third-order valence-corrected chi connectivity index (χ3v) is 4.25. The van der Waals surface area contributed by atoms with Gasteiger partial charge in [0.15, 0.2) is 11.5 Å². The van der Waals surface area contributed by atoms with Crippen molar-refractivity contribution in [3.8, 4) is 17.2 Å². The van der Waals surface area contributed by atoms with Gasteiger partial charge in [0.25, 0.3) is 0 Å². The molecule has 0 atom stereocenters. The van der Waals surface area contributed by atoms with E-state index < -0.39 is 0 Å². The van der Waals surface area contributed by atoms with Crippen LogP contribution in [0.5, 0.6) is 17.2 Å². The minimum Gasteiger partial charge on any atom is -0.488 e. The van der Waals surface area contributed by atoms with Gasteiger partial charge in [-0.3, -0.25) is 4.90 Å². The molecule has 1 saturated heterocycles. The average Bonchev–Trinajstić information content (AvgIpc) is 2.61. The van der Waals surface area contributed by atoms with Gasteiger partial charge in [-0.05, 0) is 50.2 Å². The molecule has 2 aromatic rings. The van der Waals surface area contributed by atoms with E-state index in [-0.39, 0.29) is 0 Å². The van der Waals surface area contributed by atoms with Crippen molar-refractivity contribution in [1.82, 2.24) is 4.90 Å². The summed E-state index contributed by atoms with van der Waals surface area (Å²) < 4.78 is 11.9. The Morgan fingerprint density at radius 2 is 1.62 bits per heavy atom. The van der Waals surface area contributed by atoms with Crippen molar-refractivity contribution >= 4 is 11.4 Å². The number of anilines is 2. The van der Waals surface area contributed by atoms with Crippen molar-refractivity contribution in [2.75, 3.05) is 37.7 Å². The molecular weight excluding hydrogens is 302 g/mol. The molecule has 0 radical (unpaired) electrons. The lowest BCUT2D eigenvalue weighted by atomic mass is 10.1. The number of nitrogens with two attached hydrogens (primary N) is 2. The Balaban J connectivity index is 1.60. The predicted molar refractivity (Wildman–Crippen MR) is 97.6 cm³/mol. The lowest BCUT2D eigenvalue weighted by Crippen LogP contribution is -2.33. The molecule has 1 fully saturated rings. The van der Waals surface area contributed by atoms with Crippen LogP contribution in [0.25, 0.3) is 0 Å². The Morgan fingerprint density at radius 1 is 0.875 bits per heavy atom. The molecule has 0 spiro atoms. The molecular formula is C19H25N3O2. The van der Waals surface area contributed by atoms with Crippen LogP contribution in [0.4, 0.5) is 11.4 Å². The highest BCUT2D eigenvalue weighted by atomic mass is 16.5. The first-order valence-corrected chi connectivity index (χ1v) is 8.49. The molecule has 1 aliphatic rings. The van der Waals surface area contributed by atoms with Gasteiger partial charge in [-0.25, -0.2) is 0 Å². The van der Waals surface area contributed by atoms with Crippen molar-refractivity contribution < 1.29 is 9.47 Å². The number of benzene rings is 2. The fourth-order valence-electron chi connectivity index (χ4n) is 2.86. The average molecular weight is 327 g/mol. The van der Waals surface area contributed by atoms with Crippen molar-refractivity contribution in [2.45, 2.75) is 19.3 Å². The van der Waals surface area contributed by atoms with E-state index in [4.69, 9.17) is 20.9 Å². The molecule has 2 aromatic carbocycles. The Bertz CT molecular complexity index is 669. The molecule has 128 valence electrons. The molecule has 3 rings (SSSR count). The van der Waals surface area contributed by atoms with Crippen LogP contribution in [0.3, 0.4) is 0 Å². The van der Waals surface area contributed by atoms with Gasteiger partial charge in [-0.1, -0.05) is 18.6 Å². The normalized spacial score (nSPS) is 15.2. The summed E-state index contributed by atoms with van der Waals surface area (Å²) in [6.45, 7) is 3.95. The smallest absolute Gasteiger partial charge is 0.169 e. The predicted octanol–water partition coefficient (Wildman–Crippen LogP) is 3.51. The van der Waals surface area contributed by atoms with E-state index in [1.54, 1.807) is 18.2 Å². The fraction of sp³-hybridized carbons (Fsp3) is 0.368. The van der Waals surface area contributed by atoms with Gasteiger partial charge < -0.3 is 20.9 Å². The lowest BCUT2D eigenvalue weighted by molar-refractivity contribution is 0.181. The summed E-state index contributed by atoms with van der Waals surface area (Å²) in [5.74, 6) is 2.07. The van der Waals surface area contributed by atoms with Crippen molar-refractivity contribution in [3.63, 3.8) is 0 Å². The number of para-hydroxylation sites is 2. The molecule has 4 N–H and O–H groups in total. The molecule has 0 bridgehead atoms. The van der Waals surface area contributed by atoms with Crippen LogP contribution in [-0.2, 0) is 0 Å². The number of hydrogen-bond acceptors (Lipinski definition) is 5. The number of nitrogens with zero attached hydrogens (tertiary/aromatic N) is 1. The fourth-order valence-corrected chi connectivity index (χ4v) is 2.86. The van der Waals surface area contributed by atoms with E-state index in [0.717, 1.165) is 12.3 Å². The molecule has 24 heavy (non-hydrogen) atoms. The highest BCUT2D eigenvalue weighted by molar-refractivity contribution is 5.65. The monoisotopic (exact) mass is 327 g/mol. The Labute approximate surface area is 143 Å². The van der Waals surface area contributed by atoms with Gasteiger partial charge >= 0.3 is 0 Å². The van der Waals surface area contributed by atoms with Gasteiger partial charge in [-0.2, -0.15) is 0 Å². The van der Waals surface area contributed by atoms with E-state index in [1.807, 2.05) is 24.3 Å². The first-order valence-electron chi connectivity index (χ1n) is 8.49. The van der Waals surface area contributed by atoms with Crippen molar-refractivity contribution in [3.05, 3.63) is 42.5 Å². The van der Waals surface area contributed by atoms with Gasteiger partial charge in [0.2, 0.25) is 0 Å². The molecule has 0 aromatic heterocycles. The number of piperidine rings is 1. The van der Waals surface area contributed by atoms with E-state index in [0.29, 0.717) is 29.5 Å². The van der Waals surface area contributed by atoms with Crippen LogP contribution in [-0.4, -0.2) is 31.1 Å². The number of nitrogen functional groups attached to an aromatic ring is 2. The molecule has 0 unspecified atom stereocenters. The third kappa shape index (κ3) is 4.32. The molecule has 0 amide bonds.